The summed E-state index contributed by atoms with van der Waals surface area (Å²) in [5.41, 5.74) is 3.50. The van der Waals surface area contributed by atoms with Crippen LogP contribution in [0.25, 0.3) is 0 Å². The van der Waals surface area contributed by atoms with Gasteiger partial charge in [0.05, 0.1) is 17.5 Å². The summed E-state index contributed by atoms with van der Waals surface area (Å²) in [6, 6.07) is 8.34. The molecule has 3 nitrogen and oxygen atoms in total. The van der Waals surface area contributed by atoms with Crippen molar-refractivity contribution in [2.75, 3.05) is 29.9 Å². The van der Waals surface area contributed by atoms with Gasteiger partial charge in [-0.1, -0.05) is 24.3 Å². The van der Waals surface area contributed by atoms with E-state index in [4.69, 9.17) is 0 Å². The van der Waals surface area contributed by atoms with Crippen molar-refractivity contribution in [1.29, 1.82) is 0 Å². The Kier molecular flexibility index (Phi) is 4.26. The van der Waals surface area contributed by atoms with Crippen LogP contribution in [0.4, 0.5) is 11.4 Å². The Morgan fingerprint density at radius 3 is 2.72 bits per heavy atom. The van der Waals surface area contributed by atoms with Crippen molar-refractivity contribution in [3.8, 4) is 0 Å². The van der Waals surface area contributed by atoms with Gasteiger partial charge in [-0.2, -0.15) is 0 Å². The lowest BCUT2D eigenvalue weighted by atomic mass is 10.1. The van der Waals surface area contributed by atoms with Gasteiger partial charge in [0, 0.05) is 19.6 Å². The van der Waals surface area contributed by atoms with Crippen LogP contribution in [0.5, 0.6) is 0 Å². The van der Waals surface area contributed by atoms with Gasteiger partial charge in [0.25, 0.3) is 0 Å². The SMILES string of the molecule is C=C(C)CNc1ccccc1N1CCC(O)CC1. The molecule has 2 rings (SSSR count). The molecule has 1 aliphatic rings. The summed E-state index contributed by atoms with van der Waals surface area (Å²) >= 11 is 0. The topological polar surface area (TPSA) is 35.5 Å². The molecule has 0 unspecified atom stereocenters. The maximum absolute atomic E-state index is 9.57. The Bertz CT molecular complexity index is 409. The molecule has 0 radical (unpaired) electrons. The van der Waals surface area contributed by atoms with Crippen LogP contribution in [0, 0.1) is 0 Å². The lowest BCUT2D eigenvalue weighted by Gasteiger charge is -2.33. The molecule has 3 heteroatoms. The summed E-state index contributed by atoms with van der Waals surface area (Å²) < 4.78 is 0. The maximum Gasteiger partial charge on any atom is 0.0602 e. The minimum absolute atomic E-state index is 0.128. The predicted octanol–water partition coefficient (Wildman–Crippen LogP) is 2.64. The van der Waals surface area contributed by atoms with Crippen LogP contribution in [0.15, 0.2) is 36.4 Å². The Morgan fingerprint density at radius 2 is 2.06 bits per heavy atom. The van der Waals surface area contributed by atoms with E-state index < -0.39 is 0 Å². The molecule has 0 bridgehead atoms. The van der Waals surface area contributed by atoms with E-state index >= 15 is 0 Å². The first-order valence-electron chi connectivity index (χ1n) is 6.57. The van der Waals surface area contributed by atoms with Gasteiger partial charge in [-0.3, -0.25) is 0 Å². The van der Waals surface area contributed by atoms with Gasteiger partial charge in [0.2, 0.25) is 0 Å². The molecule has 1 heterocycles. The van der Waals surface area contributed by atoms with Gasteiger partial charge in [-0.05, 0) is 31.9 Å². The summed E-state index contributed by atoms with van der Waals surface area (Å²) in [6.45, 7) is 8.58. The largest absolute Gasteiger partial charge is 0.393 e. The third-order valence-corrected chi connectivity index (χ3v) is 3.29. The van der Waals surface area contributed by atoms with Crippen molar-refractivity contribution in [3.05, 3.63) is 36.4 Å². The Hall–Kier alpha value is -1.48. The second-order valence-electron chi connectivity index (χ2n) is 5.05. The minimum Gasteiger partial charge on any atom is -0.393 e. The molecule has 98 valence electrons. The fourth-order valence-corrected chi connectivity index (χ4v) is 2.25. The van der Waals surface area contributed by atoms with Crippen LogP contribution in [0.3, 0.4) is 0 Å². The minimum atomic E-state index is -0.128. The molecular formula is C15H22N2O. The van der Waals surface area contributed by atoms with E-state index in [1.54, 1.807) is 0 Å². The van der Waals surface area contributed by atoms with E-state index in [-0.39, 0.29) is 6.10 Å². The zero-order chi connectivity index (χ0) is 13.0. The lowest BCUT2D eigenvalue weighted by Crippen LogP contribution is -2.36. The summed E-state index contributed by atoms with van der Waals surface area (Å²) in [6.07, 6.45) is 1.58. The number of aliphatic hydroxyl groups excluding tert-OH is 1. The summed E-state index contributed by atoms with van der Waals surface area (Å²) in [5, 5.41) is 13.0. The van der Waals surface area contributed by atoms with Gasteiger partial charge in [-0.15, -0.1) is 0 Å². The van der Waals surface area contributed by atoms with Crippen LogP contribution in [0.1, 0.15) is 19.8 Å². The summed E-state index contributed by atoms with van der Waals surface area (Å²) in [7, 11) is 0. The van der Waals surface area contributed by atoms with Crippen molar-refractivity contribution in [3.63, 3.8) is 0 Å². The van der Waals surface area contributed by atoms with Crippen molar-refractivity contribution in [2.24, 2.45) is 0 Å². The molecule has 1 aromatic carbocycles. The van der Waals surface area contributed by atoms with Crippen molar-refractivity contribution in [2.45, 2.75) is 25.9 Å². The third-order valence-electron chi connectivity index (χ3n) is 3.29. The average molecular weight is 246 g/mol. The first-order chi connectivity index (χ1) is 8.66. The Balaban J connectivity index is 2.09. The highest BCUT2D eigenvalue weighted by atomic mass is 16.3. The number of benzene rings is 1. The molecule has 1 fully saturated rings. The second kappa shape index (κ2) is 5.91. The van der Waals surface area contributed by atoms with Gasteiger partial charge < -0.3 is 15.3 Å². The predicted molar refractivity (Wildman–Crippen MR) is 77.2 cm³/mol. The summed E-state index contributed by atoms with van der Waals surface area (Å²) in [4.78, 5) is 2.34. The molecule has 0 atom stereocenters. The molecule has 1 aromatic rings. The molecule has 0 aliphatic carbocycles. The molecule has 1 saturated heterocycles. The first kappa shape index (κ1) is 13.0. The number of hydrogen-bond donors (Lipinski definition) is 2. The highest BCUT2D eigenvalue weighted by molar-refractivity contribution is 5.70. The molecule has 0 aromatic heterocycles. The van der Waals surface area contributed by atoms with E-state index in [9.17, 15) is 5.11 Å². The zero-order valence-corrected chi connectivity index (χ0v) is 11.0. The number of para-hydroxylation sites is 2. The Morgan fingerprint density at radius 1 is 1.39 bits per heavy atom. The number of hydrogen-bond acceptors (Lipinski definition) is 3. The van der Waals surface area contributed by atoms with E-state index in [2.05, 4.69) is 35.0 Å². The van der Waals surface area contributed by atoms with Gasteiger partial charge >= 0.3 is 0 Å². The molecule has 2 N–H and O–H groups in total. The quantitative estimate of drug-likeness (QED) is 0.802. The van der Waals surface area contributed by atoms with Gasteiger partial charge in [-0.25, -0.2) is 0 Å². The standard InChI is InChI=1S/C15H22N2O/c1-12(2)11-16-14-5-3-4-6-15(14)17-9-7-13(18)8-10-17/h3-6,13,16,18H,1,7-11H2,2H3. The monoisotopic (exact) mass is 246 g/mol. The number of nitrogens with one attached hydrogen (secondary N) is 1. The number of rotatable bonds is 4. The molecule has 18 heavy (non-hydrogen) atoms. The van der Waals surface area contributed by atoms with Crippen molar-refractivity contribution in [1.82, 2.24) is 0 Å². The summed E-state index contributed by atoms with van der Waals surface area (Å²) in [5.74, 6) is 0. The van der Waals surface area contributed by atoms with Crippen LogP contribution in [0.2, 0.25) is 0 Å². The van der Waals surface area contributed by atoms with E-state index in [1.807, 2.05) is 13.0 Å². The number of aliphatic hydroxyl groups is 1. The second-order valence-corrected chi connectivity index (χ2v) is 5.05. The molecule has 0 spiro atoms. The molecule has 1 aliphatic heterocycles. The number of nitrogens with zero attached hydrogens (tertiary/aromatic N) is 1. The maximum atomic E-state index is 9.57. The molecule has 0 amide bonds. The zero-order valence-electron chi connectivity index (χ0n) is 11.0. The lowest BCUT2D eigenvalue weighted by molar-refractivity contribution is 0.145. The van der Waals surface area contributed by atoms with Gasteiger partial charge in [0.15, 0.2) is 0 Å². The average Bonchev–Trinajstić information content (AvgIpc) is 2.38. The van der Waals surface area contributed by atoms with Crippen LogP contribution >= 0.6 is 0 Å². The number of piperidine rings is 1. The normalized spacial score (nSPS) is 16.7. The smallest absolute Gasteiger partial charge is 0.0602 e. The Labute approximate surface area is 109 Å². The van der Waals surface area contributed by atoms with E-state index in [0.29, 0.717) is 0 Å². The first-order valence-corrected chi connectivity index (χ1v) is 6.57. The van der Waals surface area contributed by atoms with E-state index in [1.165, 1.54) is 5.69 Å². The third kappa shape index (κ3) is 3.26. The van der Waals surface area contributed by atoms with Crippen molar-refractivity contribution < 1.29 is 5.11 Å². The molecular weight excluding hydrogens is 224 g/mol. The highest BCUT2D eigenvalue weighted by Crippen LogP contribution is 2.28. The highest BCUT2D eigenvalue weighted by Gasteiger charge is 2.18. The molecule has 0 saturated carbocycles. The van der Waals surface area contributed by atoms with E-state index in [0.717, 1.165) is 43.7 Å². The number of anilines is 2. The van der Waals surface area contributed by atoms with Gasteiger partial charge in [0.1, 0.15) is 0 Å². The fraction of sp³-hybridized carbons (Fsp3) is 0.467. The van der Waals surface area contributed by atoms with Crippen LogP contribution < -0.4 is 10.2 Å². The van der Waals surface area contributed by atoms with Crippen molar-refractivity contribution >= 4 is 11.4 Å². The fourth-order valence-electron chi connectivity index (χ4n) is 2.25. The van der Waals surface area contributed by atoms with Crippen LogP contribution in [-0.4, -0.2) is 30.8 Å². The van der Waals surface area contributed by atoms with Crippen LogP contribution in [-0.2, 0) is 0 Å².